The lowest BCUT2D eigenvalue weighted by Crippen LogP contribution is -2.42. The Labute approximate surface area is 103 Å². The van der Waals surface area contributed by atoms with Gasteiger partial charge < -0.3 is 10.2 Å². The van der Waals surface area contributed by atoms with Crippen LogP contribution in [-0.4, -0.2) is 56.9 Å². The summed E-state index contributed by atoms with van der Waals surface area (Å²) in [5.41, 5.74) is 0. The number of amides is 1. The molecule has 0 radical (unpaired) electrons. The van der Waals surface area contributed by atoms with Gasteiger partial charge in [-0.05, 0) is 19.9 Å². The van der Waals surface area contributed by atoms with E-state index in [1.165, 1.54) is 0 Å². The molecule has 1 N–H and O–H groups in total. The summed E-state index contributed by atoms with van der Waals surface area (Å²) in [4.78, 5) is 13.7. The van der Waals surface area contributed by atoms with Crippen molar-refractivity contribution in [3.8, 4) is 0 Å². The lowest BCUT2D eigenvalue weighted by atomic mass is 10.2. The van der Waals surface area contributed by atoms with Gasteiger partial charge in [0.1, 0.15) is 0 Å². The first kappa shape index (κ1) is 14.4. The molecule has 100 valence electrons. The Balaban J connectivity index is 2.62. The first-order valence-corrected chi connectivity index (χ1v) is 7.96. The second kappa shape index (κ2) is 6.35. The van der Waals surface area contributed by atoms with E-state index in [4.69, 9.17) is 0 Å². The van der Waals surface area contributed by atoms with Crippen LogP contribution in [0.25, 0.3) is 0 Å². The average molecular weight is 262 g/mol. The summed E-state index contributed by atoms with van der Waals surface area (Å²) < 4.78 is 22.9. The fourth-order valence-electron chi connectivity index (χ4n) is 2.15. The zero-order chi connectivity index (χ0) is 12.9. The van der Waals surface area contributed by atoms with Crippen molar-refractivity contribution in [2.24, 2.45) is 0 Å². The molecule has 0 aromatic carbocycles. The molecule has 0 aromatic heterocycles. The van der Waals surface area contributed by atoms with Gasteiger partial charge in [0.15, 0.2) is 9.84 Å². The average Bonchev–Trinajstić information content (AvgIpc) is 2.63. The van der Waals surface area contributed by atoms with Crippen LogP contribution < -0.4 is 5.32 Å². The van der Waals surface area contributed by atoms with E-state index in [-0.39, 0.29) is 23.5 Å². The molecular weight excluding hydrogens is 240 g/mol. The predicted octanol–water partition coefficient (Wildman–Crippen LogP) is 0.0216. The Bertz CT molecular complexity index is 354. The minimum Gasteiger partial charge on any atom is -0.339 e. The zero-order valence-corrected chi connectivity index (χ0v) is 11.4. The van der Waals surface area contributed by atoms with Crippen LogP contribution in [0.3, 0.4) is 0 Å². The van der Waals surface area contributed by atoms with Crippen molar-refractivity contribution < 1.29 is 13.2 Å². The van der Waals surface area contributed by atoms with Crippen LogP contribution in [0.5, 0.6) is 0 Å². The molecule has 0 aromatic rings. The second-order valence-electron chi connectivity index (χ2n) is 4.50. The number of rotatable bonds is 6. The summed E-state index contributed by atoms with van der Waals surface area (Å²) in [6.45, 7) is 3.29. The normalized spacial score (nSPS) is 22.6. The maximum Gasteiger partial charge on any atom is 0.224 e. The molecule has 17 heavy (non-hydrogen) atoms. The third-order valence-corrected chi connectivity index (χ3v) is 4.77. The quantitative estimate of drug-likeness (QED) is 0.733. The molecule has 0 saturated carbocycles. The van der Waals surface area contributed by atoms with Crippen LogP contribution in [-0.2, 0) is 14.6 Å². The van der Waals surface area contributed by atoms with Crippen LogP contribution in [0.1, 0.15) is 26.2 Å². The summed E-state index contributed by atoms with van der Waals surface area (Å²) in [6, 6.07) is -0.107. The van der Waals surface area contributed by atoms with Crippen molar-refractivity contribution in [1.82, 2.24) is 10.2 Å². The molecule has 1 heterocycles. The molecule has 1 fully saturated rings. The number of hydrogen-bond acceptors (Lipinski definition) is 4. The van der Waals surface area contributed by atoms with E-state index in [1.54, 1.807) is 11.9 Å². The number of sulfone groups is 1. The highest BCUT2D eigenvalue weighted by atomic mass is 32.2. The van der Waals surface area contributed by atoms with Crippen LogP contribution in [0, 0.1) is 0 Å². The second-order valence-corrected chi connectivity index (χ2v) is 6.73. The largest absolute Gasteiger partial charge is 0.339 e. The van der Waals surface area contributed by atoms with Gasteiger partial charge in [-0.15, -0.1) is 0 Å². The van der Waals surface area contributed by atoms with E-state index in [2.05, 4.69) is 5.32 Å². The third-order valence-electron chi connectivity index (χ3n) is 3.02. The van der Waals surface area contributed by atoms with Crippen molar-refractivity contribution in [2.75, 3.05) is 31.6 Å². The molecule has 1 amide bonds. The SMILES string of the molecule is CCCN(C(=O)CCNC)C1CCS(=O)(=O)C1. The number of carbonyl (C=O) groups is 1. The highest BCUT2D eigenvalue weighted by Crippen LogP contribution is 2.18. The van der Waals surface area contributed by atoms with E-state index in [0.717, 1.165) is 6.42 Å². The van der Waals surface area contributed by atoms with Gasteiger partial charge in [0.25, 0.3) is 0 Å². The summed E-state index contributed by atoms with van der Waals surface area (Å²) in [7, 11) is -1.12. The van der Waals surface area contributed by atoms with Gasteiger partial charge in [-0.3, -0.25) is 4.79 Å². The van der Waals surface area contributed by atoms with Crippen molar-refractivity contribution in [3.63, 3.8) is 0 Å². The van der Waals surface area contributed by atoms with E-state index in [9.17, 15) is 13.2 Å². The predicted molar refractivity (Wildman–Crippen MR) is 67.6 cm³/mol. The van der Waals surface area contributed by atoms with Gasteiger partial charge >= 0.3 is 0 Å². The van der Waals surface area contributed by atoms with E-state index in [0.29, 0.717) is 25.9 Å². The Morgan fingerprint density at radius 1 is 1.47 bits per heavy atom. The standard InChI is InChI=1S/C11H22N2O3S/c1-3-7-13(11(14)4-6-12-2)10-5-8-17(15,16)9-10/h10,12H,3-9H2,1-2H3. The fraction of sp³-hybridized carbons (Fsp3) is 0.909. The fourth-order valence-corrected chi connectivity index (χ4v) is 3.88. The van der Waals surface area contributed by atoms with Gasteiger partial charge in [0.2, 0.25) is 5.91 Å². The number of nitrogens with zero attached hydrogens (tertiary/aromatic N) is 1. The molecule has 0 aliphatic carbocycles. The lowest BCUT2D eigenvalue weighted by molar-refractivity contribution is -0.133. The third kappa shape index (κ3) is 4.27. The molecule has 0 bridgehead atoms. The minimum absolute atomic E-state index is 0.0586. The van der Waals surface area contributed by atoms with Crippen molar-refractivity contribution >= 4 is 15.7 Å². The van der Waals surface area contributed by atoms with Crippen molar-refractivity contribution in [2.45, 2.75) is 32.2 Å². The van der Waals surface area contributed by atoms with Gasteiger partial charge in [0.05, 0.1) is 11.5 Å². The molecular formula is C11H22N2O3S. The van der Waals surface area contributed by atoms with Gasteiger partial charge in [-0.1, -0.05) is 6.92 Å². The van der Waals surface area contributed by atoms with Crippen LogP contribution >= 0.6 is 0 Å². The molecule has 1 rings (SSSR count). The summed E-state index contributed by atoms with van der Waals surface area (Å²) in [5.74, 6) is 0.415. The lowest BCUT2D eigenvalue weighted by Gasteiger charge is -2.28. The Kier molecular flexibility index (Phi) is 5.39. The Morgan fingerprint density at radius 3 is 2.65 bits per heavy atom. The molecule has 0 spiro atoms. The molecule has 1 unspecified atom stereocenters. The zero-order valence-electron chi connectivity index (χ0n) is 10.6. The summed E-state index contributed by atoms with van der Waals surface area (Å²) >= 11 is 0. The first-order valence-electron chi connectivity index (χ1n) is 6.14. The van der Waals surface area contributed by atoms with E-state index < -0.39 is 9.84 Å². The molecule has 6 heteroatoms. The number of carbonyl (C=O) groups excluding carboxylic acids is 1. The molecule has 5 nitrogen and oxygen atoms in total. The van der Waals surface area contributed by atoms with Crippen LogP contribution in [0.15, 0.2) is 0 Å². The topological polar surface area (TPSA) is 66.5 Å². The number of hydrogen-bond donors (Lipinski definition) is 1. The molecule has 1 atom stereocenters. The van der Waals surface area contributed by atoms with Gasteiger partial charge in [-0.2, -0.15) is 0 Å². The van der Waals surface area contributed by atoms with Crippen molar-refractivity contribution in [1.29, 1.82) is 0 Å². The monoisotopic (exact) mass is 262 g/mol. The first-order chi connectivity index (χ1) is 8.00. The Hall–Kier alpha value is -0.620. The smallest absolute Gasteiger partial charge is 0.224 e. The Morgan fingerprint density at radius 2 is 2.18 bits per heavy atom. The maximum atomic E-state index is 12.0. The number of nitrogens with one attached hydrogen (secondary N) is 1. The van der Waals surface area contributed by atoms with Crippen LogP contribution in [0.2, 0.25) is 0 Å². The summed E-state index contributed by atoms with van der Waals surface area (Å²) in [6.07, 6.45) is 1.89. The molecule has 1 aliphatic heterocycles. The van der Waals surface area contributed by atoms with Crippen molar-refractivity contribution in [3.05, 3.63) is 0 Å². The highest BCUT2D eigenvalue weighted by Gasteiger charge is 2.33. The molecule has 1 saturated heterocycles. The van der Waals surface area contributed by atoms with Gasteiger partial charge in [-0.25, -0.2) is 8.42 Å². The van der Waals surface area contributed by atoms with Gasteiger partial charge in [0, 0.05) is 25.6 Å². The summed E-state index contributed by atoms with van der Waals surface area (Å²) in [5, 5.41) is 2.94. The van der Waals surface area contributed by atoms with E-state index in [1.807, 2.05) is 6.92 Å². The molecule has 1 aliphatic rings. The van der Waals surface area contributed by atoms with E-state index >= 15 is 0 Å². The maximum absolute atomic E-state index is 12.0. The van der Waals surface area contributed by atoms with Crippen LogP contribution in [0.4, 0.5) is 0 Å². The minimum atomic E-state index is -2.92. The highest BCUT2D eigenvalue weighted by molar-refractivity contribution is 7.91.